The van der Waals surface area contributed by atoms with Crippen molar-refractivity contribution in [1.82, 2.24) is 9.88 Å². The summed E-state index contributed by atoms with van der Waals surface area (Å²) < 4.78 is 16.2. The van der Waals surface area contributed by atoms with Crippen molar-refractivity contribution in [3.05, 3.63) is 72.1 Å². The number of pyridine rings is 1. The van der Waals surface area contributed by atoms with Crippen LogP contribution in [0.2, 0.25) is 0 Å². The number of amides is 1. The van der Waals surface area contributed by atoms with Gasteiger partial charge in [0.25, 0.3) is 5.91 Å². The summed E-state index contributed by atoms with van der Waals surface area (Å²) in [5, 5.41) is 3.44. The molecule has 3 aromatic rings. The first-order valence-electron chi connectivity index (χ1n) is 11.0. The maximum Gasteiger partial charge on any atom is 0.260 e. The zero-order valence-corrected chi connectivity index (χ0v) is 19.2. The smallest absolute Gasteiger partial charge is 0.260 e. The summed E-state index contributed by atoms with van der Waals surface area (Å²) >= 11 is 0. The highest BCUT2D eigenvalue weighted by Crippen LogP contribution is 2.30. The predicted molar refractivity (Wildman–Crippen MR) is 128 cm³/mol. The minimum absolute atomic E-state index is 0.0153. The Kier molecular flexibility index (Phi) is 6.98. The van der Waals surface area contributed by atoms with Crippen LogP contribution in [-0.4, -0.2) is 49.7 Å². The van der Waals surface area contributed by atoms with Gasteiger partial charge in [0.05, 0.1) is 14.2 Å². The number of nitrogens with one attached hydrogen (secondary N) is 1. The number of carbonyl (C=O) groups is 1. The molecule has 0 bridgehead atoms. The van der Waals surface area contributed by atoms with Crippen molar-refractivity contribution < 1.29 is 19.0 Å². The second-order valence-corrected chi connectivity index (χ2v) is 8.04. The van der Waals surface area contributed by atoms with E-state index in [1.807, 2.05) is 60.4 Å². The van der Waals surface area contributed by atoms with E-state index in [9.17, 15) is 4.79 Å². The van der Waals surface area contributed by atoms with Gasteiger partial charge in [-0.25, -0.2) is 0 Å². The number of benzene rings is 2. The van der Waals surface area contributed by atoms with E-state index in [1.54, 1.807) is 20.3 Å². The third kappa shape index (κ3) is 5.55. The van der Waals surface area contributed by atoms with Gasteiger partial charge in [0, 0.05) is 41.8 Å². The minimum Gasteiger partial charge on any atom is -0.497 e. The van der Waals surface area contributed by atoms with Crippen LogP contribution in [0.4, 0.5) is 11.4 Å². The Morgan fingerprint density at radius 1 is 1.03 bits per heavy atom. The normalized spacial score (nSPS) is 15.2. The summed E-state index contributed by atoms with van der Waals surface area (Å²) in [6, 6.07) is 19.2. The number of hydrogen-bond acceptors (Lipinski definition) is 6. The van der Waals surface area contributed by atoms with Crippen LogP contribution in [0.15, 0.2) is 60.7 Å². The number of aromatic nitrogens is 1. The number of ether oxygens (including phenoxy) is 3. The average molecular weight is 448 g/mol. The average Bonchev–Trinajstić information content (AvgIpc) is 3.33. The van der Waals surface area contributed by atoms with Gasteiger partial charge in [-0.15, -0.1) is 0 Å². The molecular formula is C26H29N3O4. The molecule has 0 aliphatic carbocycles. The Morgan fingerprint density at radius 2 is 1.79 bits per heavy atom. The molecule has 1 atom stereocenters. The van der Waals surface area contributed by atoms with Crippen LogP contribution in [0.5, 0.6) is 17.2 Å². The van der Waals surface area contributed by atoms with Gasteiger partial charge in [0.15, 0.2) is 18.1 Å². The van der Waals surface area contributed by atoms with Crippen LogP contribution >= 0.6 is 0 Å². The van der Waals surface area contributed by atoms with Crippen LogP contribution in [0.25, 0.3) is 0 Å². The van der Waals surface area contributed by atoms with Gasteiger partial charge in [-0.1, -0.05) is 12.1 Å². The Labute approximate surface area is 194 Å². The minimum atomic E-state index is -0.0346. The molecular weight excluding hydrogens is 418 g/mol. The number of rotatable bonds is 8. The fourth-order valence-corrected chi connectivity index (χ4v) is 4.01. The van der Waals surface area contributed by atoms with Crippen LogP contribution in [-0.2, 0) is 4.79 Å². The molecule has 1 unspecified atom stereocenters. The van der Waals surface area contributed by atoms with E-state index in [1.165, 1.54) is 0 Å². The Hall–Kier alpha value is -3.74. The molecule has 33 heavy (non-hydrogen) atoms. The fourth-order valence-electron chi connectivity index (χ4n) is 4.01. The highest BCUT2D eigenvalue weighted by molar-refractivity contribution is 5.78. The van der Waals surface area contributed by atoms with E-state index in [4.69, 9.17) is 19.2 Å². The highest BCUT2D eigenvalue weighted by atomic mass is 16.5. The molecule has 0 radical (unpaired) electrons. The van der Waals surface area contributed by atoms with Gasteiger partial charge in [-0.05, 0) is 61.9 Å². The lowest BCUT2D eigenvalue weighted by Crippen LogP contribution is -2.33. The first-order chi connectivity index (χ1) is 16.1. The van der Waals surface area contributed by atoms with E-state index in [2.05, 4.69) is 11.4 Å². The Bertz CT molecular complexity index is 1100. The zero-order chi connectivity index (χ0) is 23.2. The number of aryl methyl sites for hydroxylation is 1. The molecule has 2 aromatic carbocycles. The molecule has 2 heterocycles. The molecule has 7 heteroatoms. The summed E-state index contributed by atoms with van der Waals surface area (Å²) in [5.74, 6) is 2.16. The van der Waals surface area contributed by atoms with Gasteiger partial charge >= 0.3 is 0 Å². The molecule has 172 valence electrons. The number of hydrogen-bond donors (Lipinski definition) is 1. The first kappa shape index (κ1) is 22.5. The highest BCUT2D eigenvalue weighted by Gasteiger charge is 2.29. The number of para-hydroxylation sites is 2. The van der Waals surface area contributed by atoms with Crippen molar-refractivity contribution in [2.75, 3.05) is 39.2 Å². The molecule has 1 fully saturated rings. The quantitative estimate of drug-likeness (QED) is 0.546. The van der Waals surface area contributed by atoms with Gasteiger partial charge in [0.2, 0.25) is 0 Å². The predicted octanol–water partition coefficient (Wildman–Crippen LogP) is 4.55. The third-order valence-electron chi connectivity index (χ3n) is 5.73. The van der Waals surface area contributed by atoms with E-state index in [0.29, 0.717) is 24.6 Å². The first-order valence-corrected chi connectivity index (χ1v) is 11.0. The Balaban J connectivity index is 1.38. The molecule has 1 N–H and O–H groups in total. The Morgan fingerprint density at radius 3 is 2.52 bits per heavy atom. The van der Waals surface area contributed by atoms with E-state index in [0.717, 1.165) is 34.9 Å². The summed E-state index contributed by atoms with van der Waals surface area (Å²) in [7, 11) is 3.24. The van der Waals surface area contributed by atoms with Crippen LogP contribution < -0.4 is 19.5 Å². The number of nitrogens with zero attached hydrogens (tertiary/aromatic N) is 2. The van der Waals surface area contributed by atoms with Crippen LogP contribution in [0.1, 0.15) is 23.7 Å². The van der Waals surface area contributed by atoms with Crippen molar-refractivity contribution in [2.24, 2.45) is 0 Å². The maximum atomic E-state index is 12.7. The van der Waals surface area contributed by atoms with E-state index >= 15 is 0 Å². The van der Waals surface area contributed by atoms with Crippen LogP contribution in [0, 0.1) is 6.92 Å². The lowest BCUT2D eigenvalue weighted by Gasteiger charge is -2.18. The van der Waals surface area contributed by atoms with E-state index in [-0.39, 0.29) is 18.4 Å². The molecule has 0 spiro atoms. The number of likely N-dealkylation sites (tertiary alicyclic amines) is 1. The molecule has 4 rings (SSSR count). The van der Waals surface area contributed by atoms with Crippen molar-refractivity contribution in [3.63, 3.8) is 0 Å². The monoisotopic (exact) mass is 447 g/mol. The topological polar surface area (TPSA) is 72.9 Å². The molecule has 7 nitrogen and oxygen atoms in total. The van der Waals surface area contributed by atoms with Gasteiger partial charge in [-0.2, -0.15) is 0 Å². The zero-order valence-electron chi connectivity index (χ0n) is 19.2. The third-order valence-corrected chi connectivity index (χ3v) is 5.73. The summed E-state index contributed by atoms with van der Waals surface area (Å²) in [5.41, 5.74) is 3.88. The molecule has 1 aliphatic rings. The van der Waals surface area contributed by atoms with Crippen molar-refractivity contribution in [1.29, 1.82) is 0 Å². The molecule has 1 aliphatic heterocycles. The SMILES string of the molecule is COc1ccc(Nc2cc(C)nc(C3CCN(C(=O)COc4ccccc4OC)C3)c2)cc1. The molecule has 0 saturated carbocycles. The van der Waals surface area contributed by atoms with Crippen molar-refractivity contribution in [3.8, 4) is 17.2 Å². The molecule has 1 saturated heterocycles. The standard InChI is InChI=1S/C26H29N3O4/c1-18-14-21(28-20-8-10-22(31-2)11-9-20)15-23(27-18)19-12-13-29(16-19)26(30)17-33-25-7-5-4-6-24(25)32-3/h4-11,14-15,19H,12-13,16-17H2,1-3H3,(H,27,28). The second-order valence-electron chi connectivity index (χ2n) is 8.04. The lowest BCUT2D eigenvalue weighted by atomic mass is 10.0. The van der Waals surface area contributed by atoms with Crippen molar-refractivity contribution in [2.45, 2.75) is 19.3 Å². The second kappa shape index (κ2) is 10.3. The van der Waals surface area contributed by atoms with Crippen LogP contribution in [0.3, 0.4) is 0 Å². The number of anilines is 2. The molecule has 1 aromatic heterocycles. The summed E-state index contributed by atoms with van der Waals surface area (Å²) in [4.78, 5) is 19.3. The number of carbonyl (C=O) groups excluding carboxylic acids is 1. The van der Waals surface area contributed by atoms with Gasteiger partial charge < -0.3 is 24.4 Å². The summed E-state index contributed by atoms with van der Waals surface area (Å²) in [6.07, 6.45) is 0.874. The van der Waals surface area contributed by atoms with Crippen molar-refractivity contribution >= 4 is 17.3 Å². The molecule has 1 amide bonds. The maximum absolute atomic E-state index is 12.7. The van der Waals surface area contributed by atoms with E-state index < -0.39 is 0 Å². The lowest BCUT2D eigenvalue weighted by molar-refractivity contribution is -0.132. The number of methoxy groups -OCH3 is 2. The van der Waals surface area contributed by atoms with Gasteiger partial charge in [-0.3, -0.25) is 9.78 Å². The van der Waals surface area contributed by atoms with Gasteiger partial charge in [0.1, 0.15) is 5.75 Å². The fraction of sp³-hybridized carbons (Fsp3) is 0.308. The summed E-state index contributed by atoms with van der Waals surface area (Å²) in [6.45, 7) is 3.29. The largest absolute Gasteiger partial charge is 0.497 e.